The van der Waals surface area contributed by atoms with Crippen molar-refractivity contribution in [3.8, 4) is 5.75 Å². The van der Waals surface area contributed by atoms with Gasteiger partial charge in [0.1, 0.15) is 5.75 Å². The summed E-state index contributed by atoms with van der Waals surface area (Å²) >= 11 is 4.03. The maximum absolute atomic E-state index is 12.1. The average molecular weight is 367 g/mol. The van der Waals surface area contributed by atoms with Gasteiger partial charge in [0.15, 0.2) is 6.61 Å². The molecular weight excluding hydrogens is 340 g/mol. The minimum atomic E-state index is -0.0313. The van der Waals surface area contributed by atoms with Gasteiger partial charge in [-0.3, -0.25) is 4.79 Å². The van der Waals surface area contributed by atoms with Crippen LogP contribution in [0.15, 0.2) is 24.3 Å². The van der Waals surface area contributed by atoms with Gasteiger partial charge in [0.2, 0.25) is 0 Å². The molecule has 2 atom stereocenters. The Labute approximate surface area is 152 Å². The highest BCUT2D eigenvalue weighted by Crippen LogP contribution is 2.43. The summed E-state index contributed by atoms with van der Waals surface area (Å²) in [7, 11) is 0. The summed E-state index contributed by atoms with van der Waals surface area (Å²) in [6, 6.07) is 8.46. The summed E-state index contributed by atoms with van der Waals surface area (Å²) in [5.74, 6) is 3.68. The first-order valence-corrected chi connectivity index (χ1v) is 10.8. The quantitative estimate of drug-likeness (QED) is 0.839. The zero-order valence-electron chi connectivity index (χ0n) is 14.1. The third-order valence-corrected chi connectivity index (χ3v) is 7.50. The molecule has 6 heteroatoms. The van der Waals surface area contributed by atoms with E-state index in [-0.39, 0.29) is 18.6 Å². The number of amides is 1. The Morgan fingerprint density at radius 3 is 2.75 bits per heavy atom. The number of rotatable bonds is 5. The second-order valence-corrected chi connectivity index (χ2v) is 9.15. The van der Waals surface area contributed by atoms with Gasteiger partial charge < -0.3 is 15.4 Å². The lowest BCUT2D eigenvalue weighted by Crippen LogP contribution is -2.49. The van der Waals surface area contributed by atoms with Crippen molar-refractivity contribution in [3.63, 3.8) is 0 Å². The molecule has 0 saturated carbocycles. The van der Waals surface area contributed by atoms with Crippen molar-refractivity contribution in [2.45, 2.75) is 30.4 Å². The predicted molar refractivity (Wildman–Crippen MR) is 103 cm³/mol. The molecule has 0 radical (unpaired) electrons. The third kappa shape index (κ3) is 5.07. The predicted octanol–water partition coefficient (Wildman–Crippen LogP) is 3.05. The maximum Gasteiger partial charge on any atom is 0.258 e. The number of hydrogen-bond acceptors (Lipinski definition) is 5. The number of benzene rings is 1. The van der Waals surface area contributed by atoms with Crippen molar-refractivity contribution < 1.29 is 9.53 Å². The van der Waals surface area contributed by atoms with Crippen LogP contribution in [0.2, 0.25) is 0 Å². The highest BCUT2D eigenvalue weighted by molar-refractivity contribution is 8.16. The van der Waals surface area contributed by atoms with Gasteiger partial charge in [-0.15, -0.1) is 23.5 Å². The molecule has 0 bridgehead atoms. The normalized spacial score (nSPS) is 25.2. The molecular formula is C18H26N2O2S2. The van der Waals surface area contributed by atoms with E-state index in [9.17, 15) is 4.79 Å². The molecule has 0 aliphatic carbocycles. The van der Waals surface area contributed by atoms with E-state index in [1.807, 2.05) is 35.7 Å². The van der Waals surface area contributed by atoms with Crippen molar-refractivity contribution in [2.75, 3.05) is 31.2 Å². The fraction of sp³-hybridized carbons (Fsp3) is 0.611. The fourth-order valence-corrected chi connectivity index (χ4v) is 5.92. The first-order valence-electron chi connectivity index (χ1n) is 8.68. The van der Waals surface area contributed by atoms with Crippen LogP contribution in [0, 0.1) is 5.92 Å². The molecule has 2 unspecified atom stereocenters. The Balaban J connectivity index is 1.44. The second-order valence-electron chi connectivity index (χ2n) is 6.43. The highest BCUT2D eigenvalue weighted by atomic mass is 32.2. The molecule has 2 aliphatic heterocycles. The molecule has 2 aliphatic rings. The topological polar surface area (TPSA) is 50.4 Å². The molecule has 2 fully saturated rings. The van der Waals surface area contributed by atoms with Gasteiger partial charge in [-0.25, -0.2) is 0 Å². The Hall–Kier alpha value is -0.850. The number of carbonyl (C=O) groups is 1. The summed E-state index contributed by atoms with van der Waals surface area (Å²) in [6.45, 7) is 4.18. The summed E-state index contributed by atoms with van der Waals surface area (Å²) in [6.07, 6.45) is 2.29. The maximum atomic E-state index is 12.1. The molecule has 2 heterocycles. The van der Waals surface area contributed by atoms with E-state index in [2.05, 4.69) is 29.7 Å². The van der Waals surface area contributed by atoms with Crippen LogP contribution in [-0.2, 0) is 4.79 Å². The Morgan fingerprint density at radius 2 is 2.04 bits per heavy atom. The Morgan fingerprint density at radius 1 is 1.29 bits per heavy atom. The van der Waals surface area contributed by atoms with Crippen molar-refractivity contribution in [2.24, 2.45) is 5.92 Å². The van der Waals surface area contributed by atoms with Gasteiger partial charge in [-0.1, -0.05) is 19.1 Å². The number of carbonyl (C=O) groups excluding carboxylic acids is 1. The number of hydrogen-bond donors (Lipinski definition) is 2. The van der Waals surface area contributed by atoms with Crippen LogP contribution in [0.4, 0.5) is 0 Å². The van der Waals surface area contributed by atoms with Crippen molar-refractivity contribution >= 4 is 29.4 Å². The Kier molecular flexibility index (Phi) is 6.75. The zero-order valence-corrected chi connectivity index (χ0v) is 15.8. The van der Waals surface area contributed by atoms with Crippen molar-refractivity contribution in [3.05, 3.63) is 29.8 Å². The summed E-state index contributed by atoms with van der Waals surface area (Å²) in [4.78, 5) is 12.1. The summed E-state index contributed by atoms with van der Waals surface area (Å²) < 4.78 is 6.18. The average Bonchev–Trinajstić information content (AvgIpc) is 2.63. The molecule has 4 nitrogen and oxygen atoms in total. The number of ether oxygens (including phenoxy) is 1. The molecule has 24 heavy (non-hydrogen) atoms. The second kappa shape index (κ2) is 9.02. The third-order valence-electron chi connectivity index (χ3n) is 4.48. The molecule has 132 valence electrons. The van der Waals surface area contributed by atoms with Gasteiger partial charge in [0.25, 0.3) is 5.91 Å². The highest BCUT2D eigenvalue weighted by Gasteiger charge is 2.22. The number of nitrogens with one attached hydrogen (secondary N) is 2. The van der Waals surface area contributed by atoms with E-state index >= 15 is 0 Å². The van der Waals surface area contributed by atoms with Crippen LogP contribution in [0.1, 0.15) is 29.9 Å². The minimum absolute atomic E-state index is 0.0313. The molecule has 1 aromatic carbocycles. The van der Waals surface area contributed by atoms with Crippen LogP contribution in [0.25, 0.3) is 0 Å². The Bertz CT molecular complexity index is 532. The standard InChI is InChI=1S/C18H26N2O2S2/c1-13-11-19-8-7-16(13)20-17(21)12-22-15-5-3-14(4-6-15)18-23-9-2-10-24-18/h3-6,13,16,18-19H,2,7-12H2,1H3,(H,20,21). The molecule has 0 aromatic heterocycles. The van der Waals surface area contributed by atoms with Gasteiger partial charge in [-0.05, 0) is 61.1 Å². The van der Waals surface area contributed by atoms with Crippen LogP contribution in [0.5, 0.6) is 5.75 Å². The van der Waals surface area contributed by atoms with Crippen molar-refractivity contribution in [1.29, 1.82) is 0 Å². The van der Waals surface area contributed by atoms with Gasteiger partial charge in [0, 0.05) is 6.04 Å². The molecule has 0 spiro atoms. The molecule has 3 rings (SSSR count). The van der Waals surface area contributed by atoms with Crippen LogP contribution >= 0.6 is 23.5 Å². The van der Waals surface area contributed by atoms with Gasteiger partial charge >= 0.3 is 0 Å². The van der Waals surface area contributed by atoms with Gasteiger partial charge in [-0.2, -0.15) is 0 Å². The zero-order chi connectivity index (χ0) is 16.8. The molecule has 1 amide bonds. The fourth-order valence-electron chi connectivity index (χ4n) is 3.03. The van der Waals surface area contributed by atoms with E-state index in [0.29, 0.717) is 10.5 Å². The lowest BCUT2D eigenvalue weighted by atomic mass is 9.95. The lowest BCUT2D eigenvalue weighted by molar-refractivity contribution is -0.124. The monoisotopic (exact) mass is 366 g/mol. The SMILES string of the molecule is CC1CNCCC1NC(=O)COc1ccc(C2SCCCS2)cc1. The largest absolute Gasteiger partial charge is 0.484 e. The van der Waals surface area contributed by atoms with Crippen molar-refractivity contribution in [1.82, 2.24) is 10.6 Å². The van der Waals surface area contributed by atoms with E-state index < -0.39 is 0 Å². The first kappa shape index (κ1) is 18.0. The van der Waals surface area contributed by atoms with E-state index in [0.717, 1.165) is 25.3 Å². The van der Waals surface area contributed by atoms with E-state index in [4.69, 9.17) is 4.74 Å². The van der Waals surface area contributed by atoms with Crippen LogP contribution < -0.4 is 15.4 Å². The number of thioether (sulfide) groups is 2. The van der Waals surface area contributed by atoms with Crippen LogP contribution in [0.3, 0.4) is 0 Å². The summed E-state index contributed by atoms with van der Waals surface area (Å²) in [5, 5.41) is 6.43. The lowest BCUT2D eigenvalue weighted by Gasteiger charge is -2.30. The van der Waals surface area contributed by atoms with E-state index in [1.54, 1.807) is 0 Å². The minimum Gasteiger partial charge on any atom is -0.484 e. The van der Waals surface area contributed by atoms with Gasteiger partial charge in [0.05, 0.1) is 4.58 Å². The summed E-state index contributed by atoms with van der Waals surface area (Å²) in [5.41, 5.74) is 1.34. The molecule has 2 N–H and O–H groups in total. The smallest absolute Gasteiger partial charge is 0.258 e. The van der Waals surface area contributed by atoms with Crippen LogP contribution in [-0.4, -0.2) is 43.2 Å². The molecule has 2 saturated heterocycles. The van der Waals surface area contributed by atoms with E-state index in [1.165, 1.54) is 23.5 Å². The number of piperidine rings is 1. The first-order chi connectivity index (χ1) is 11.7. The molecule has 1 aromatic rings.